The molecule has 7 rings (SSSR count). The number of fused-ring (bicyclic) bond motifs is 3. The Bertz CT molecular complexity index is 1780. The van der Waals surface area contributed by atoms with E-state index in [2.05, 4.69) is 10.00 Å². The van der Waals surface area contributed by atoms with Crippen molar-refractivity contribution < 1.29 is 34.3 Å². The third kappa shape index (κ3) is 4.54. The van der Waals surface area contributed by atoms with Crippen molar-refractivity contribution in [3.05, 3.63) is 53.0 Å². The number of aromatic nitrogens is 3. The molecule has 2 N–H and O–H groups in total. The van der Waals surface area contributed by atoms with Crippen LogP contribution in [0.4, 0.5) is 15.8 Å². The van der Waals surface area contributed by atoms with E-state index in [0.29, 0.717) is 66.3 Å². The fraction of sp³-hybridized carbons (Fsp3) is 0.400. The van der Waals surface area contributed by atoms with E-state index in [1.807, 2.05) is 9.80 Å². The summed E-state index contributed by atoms with van der Waals surface area (Å²) in [5, 5.41) is 50.4. The van der Waals surface area contributed by atoms with Gasteiger partial charge in [-0.1, -0.05) is 30.0 Å². The zero-order chi connectivity index (χ0) is 30.0. The number of carbonyl (C=O) groups is 2. The van der Waals surface area contributed by atoms with Crippen LogP contribution < -0.4 is 19.9 Å². The minimum atomic E-state index is -1.19. The summed E-state index contributed by atoms with van der Waals surface area (Å²) in [5.41, 5.74) is 1.21. The number of aliphatic carboxylic acids is 1. The van der Waals surface area contributed by atoms with Gasteiger partial charge in [0.25, 0.3) is 0 Å². The molecule has 2 aliphatic heterocycles. The molecule has 4 aromatic rings. The van der Waals surface area contributed by atoms with Gasteiger partial charge in [-0.05, 0) is 36.8 Å². The maximum atomic E-state index is 15.3. The number of phenols is 1. The van der Waals surface area contributed by atoms with E-state index in [0.717, 1.165) is 12.8 Å². The van der Waals surface area contributed by atoms with Crippen molar-refractivity contribution >= 4 is 44.9 Å². The number of benzene rings is 3. The van der Waals surface area contributed by atoms with Gasteiger partial charge in [0.15, 0.2) is 22.6 Å². The number of aryl methyl sites for hydroxylation is 1. The highest BCUT2D eigenvalue weighted by Crippen LogP contribution is 2.42. The van der Waals surface area contributed by atoms with Gasteiger partial charge >= 0.3 is 5.97 Å². The lowest BCUT2D eigenvalue weighted by molar-refractivity contribution is -0.746. The molecule has 43 heavy (non-hydrogen) atoms. The summed E-state index contributed by atoms with van der Waals surface area (Å²) in [6, 6.07) is 9.71. The Hall–Kier alpha value is -4.65. The number of Topliss-reactive ketones (excluding diaryl/α,β-unsaturated/α-hetero) is 1. The summed E-state index contributed by atoms with van der Waals surface area (Å²) >= 11 is 0. The third-order valence-electron chi connectivity index (χ3n) is 8.92. The van der Waals surface area contributed by atoms with E-state index in [1.54, 1.807) is 30.3 Å². The Morgan fingerprint density at radius 2 is 1.79 bits per heavy atom. The molecule has 13 heteroatoms. The number of piperazine rings is 1. The maximum absolute atomic E-state index is 15.3. The topological polar surface area (TPSA) is 152 Å². The van der Waals surface area contributed by atoms with Crippen molar-refractivity contribution in [2.75, 3.05) is 49.1 Å². The number of nitrogens with zero attached hydrogens (tertiary/aromatic N) is 6. The molecular formula is C30H30FN6O6-. The SMILES string of the molecule is O=C(O)C1CN(C2CC2)c2cc(N3CCN(CCCn4c5c(O)c6ccccc6c([O-])c5n[n+]4[O-])CC3)c(F)cc2C1=O. The van der Waals surface area contributed by atoms with Gasteiger partial charge in [0.05, 0.1) is 17.9 Å². The van der Waals surface area contributed by atoms with Crippen LogP contribution in [0.2, 0.25) is 0 Å². The molecule has 1 unspecified atom stereocenters. The van der Waals surface area contributed by atoms with Gasteiger partial charge in [0.1, 0.15) is 11.7 Å². The average molecular weight is 590 g/mol. The number of ketones is 1. The van der Waals surface area contributed by atoms with E-state index in [9.17, 15) is 30.1 Å². The minimum absolute atomic E-state index is 0.0627. The Balaban J connectivity index is 1.03. The van der Waals surface area contributed by atoms with Crippen LogP contribution in [0.1, 0.15) is 29.6 Å². The zero-order valence-electron chi connectivity index (χ0n) is 23.3. The Morgan fingerprint density at radius 1 is 1.07 bits per heavy atom. The average Bonchev–Trinajstić information content (AvgIpc) is 3.79. The Kier molecular flexibility index (Phi) is 6.49. The van der Waals surface area contributed by atoms with Gasteiger partial charge in [-0.2, -0.15) is 0 Å². The van der Waals surface area contributed by atoms with E-state index in [1.165, 1.54) is 10.7 Å². The highest BCUT2D eigenvalue weighted by Gasteiger charge is 2.42. The van der Waals surface area contributed by atoms with Crippen LogP contribution in [0.15, 0.2) is 36.4 Å². The van der Waals surface area contributed by atoms with E-state index >= 15 is 4.39 Å². The molecule has 1 atom stereocenters. The molecule has 1 saturated carbocycles. The normalized spacial score (nSPS) is 19.4. The predicted molar refractivity (Wildman–Crippen MR) is 153 cm³/mol. The first-order valence-corrected chi connectivity index (χ1v) is 14.5. The highest BCUT2D eigenvalue weighted by atomic mass is 19.1. The minimum Gasteiger partial charge on any atom is -0.870 e. The summed E-state index contributed by atoms with van der Waals surface area (Å²) in [6.45, 7) is 3.37. The quantitative estimate of drug-likeness (QED) is 0.186. The largest absolute Gasteiger partial charge is 0.870 e. The second-order valence-corrected chi connectivity index (χ2v) is 11.5. The van der Waals surface area contributed by atoms with Crippen molar-refractivity contribution in [3.8, 4) is 11.5 Å². The third-order valence-corrected chi connectivity index (χ3v) is 8.92. The Morgan fingerprint density at radius 3 is 2.49 bits per heavy atom. The van der Waals surface area contributed by atoms with Gasteiger partial charge in [0, 0.05) is 66.3 Å². The Labute approximate surface area is 245 Å². The van der Waals surface area contributed by atoms with E-state index in [4.69, 9.17) is 0 Å². The lowest BCUT2D eigenvalue weighted by atomic mass is 9.90. The molecule has 224 valence electrons. The van der Waals surface area contributed by atoms with Crippen molar-refractivity contribution in [1.82, 2.24) is 14.7 Å². The van der Waals surface area contributed by atoms with Crippen LogP contribution >= 0.6 is 0 Å². The number of anilines is 2. The summed E-state index contributed by atoms with van der Waals surface area (Å²) in [7, 11) is 0. The number of phenolic OH excluding ortho intramolecular Hbond substituents is 1. The number of carboxylic acids is 1. The fourth-order valence-corrected chi connectivity index (χ4v) is 6.49. The molecule has 1 saturated heterocycles. The van der Waals surface area contributed by atoms with Crippen molar-refractivity contribution in [1.29, 1.82) is 0 Å². The fourth-order valence-electron chi connectivity index (χ4n) is 6.49. The molecule has 3 heterocycles. The first-order chi connectivity index (χ1) is 20.7. The molecule has 0 spiro atoms. The molecule has 2 fully saturated rings. The summed E-state index contributed by atoms with van der Waals surface area (Å²) in [5.74, 6) is -4.01. The summed E-state index contributed by atoms with van der Waals surface area (Å²) in [4.78, 5) is 31.0. The number of carboxylic acid groups (broad SMARTS) is 1. The van der Waals surface area contributed by atoms with Crippen molar-refractivity contribution in [2.45, 2.75) is 31.8 Å². The molecule has 0 bridgehead atoms. The molecule has 0 radical (unpaired) electrons. The number of halogens is 1. The number of rotatable bonds is 7. The first kappa shape index (κ1) is 27.2. The van der Waals surface area contributed by atoms with Gasteiger partial charge in [-0.15, -0.1) is 4.68 Å². The molecule has 1 aromatic heterocycles. The van der Waals surface area contributed by atoms with Crippen molar-refractivity contribution in [3.63, 3.8) is 0 Å². The molecule has 1 aliphatic carbocycles. The van der Waals surface area contributed by atoms with Gasteiger partial charge in [-0.3, -0.25) is 14.5 Å². The van der Waals surface area contributed by atoms with Gasteiger partial charge in [-0.25, -0.2) is 4.39 Å². The predicted octanol–water partition coefficient (Wildman–Crippen LogP) is 1.82. The van der Waals surface area contributed by atoms with Crippen LogP contribution in [0.25, 0.3) is 21.8 Å². The lowest BCUT2D eigenvalue weighted by Gasteiger charge is -2.38. The van der Waals surface area contributed by atoms with E-state index in [-0.39, 0.29) is 41.5 Å². The highest BCUT2D eigenvalue weighted by molar-refractivity contribution is 6.13. The smallest absolute Gasteiger partial charge is 0.316 e. The molecule has 0 amide bonds. The number of carbonyl (C=O) groups excluding carboxylic acids is 1. The summed E-state index contributed by atoms with van der Waals surface area (Å²) < 4.78 is 16.6. The van der Waals surface area contributed by atoms with Crippen molar-refractivity contribution in [2.24, 2.45) is 5.92 Å². The second-order valence-electron chi connectivity index (χ2n) is 11.5. The maximum Gasteiger partial charge on any atom is 0.316 e. The van der Waals surface area contributed by atoms with Crippen LogP contribution in [-0.4, -0.2) is 82.0 Å². The van der Waals surface area contributed by atoms with Crippen LogP contribution in [0, 0.1) is 16.9 Å². The lowest BCUT2D eigenvalue weighted by Crippen LogP contribution is -2.48. The van der Waals surface area contributed by atoms with Crippen LogP contribution in [0.5, 0.6) is 11.5 Å². The molecule has 3 aliphatic rings. The monoisotopic (exact) mass is 589 g/mol. The molecular weight excluding hydrogens is 559 g/mol. The number of hydrogen-bond acceptors (Lipinski definition) is 9. The van der Waals surface area contributed by atoms with Gasteiger partial charge < -0.3 is 30.3 Å². The molecule has 3 aromatic carbocycles. The van der Waals surface area contributed by atoms with Gasteiger partial charge in [0.2, 0.25) is 0 Å². The summed E-state index contributed by atoms with van der Waals surface area (Å²) in [6.07, 6.45) is 2.40. The standard InChI is InChI=1S/C30H31FN6O6/c31-22-14-20-23(35(17-6-7-17)16-21(27(20)38)30(41)42)15-24(22)34-12-10-33(11-13-34)8-3-9-36-26-25(32-37(36)43)28(39)18-4-1-2-5-19(18)29(26)40/h1-2,4-5,14-15,17,21,39-40H,3,6-13,16H2,(H,41,42)/p-1. The number of hydrogen-bond donors (Lipinski definition) is 2. The van der Waals surface area contributed by atoms with Crippen LogP contribution in [0.3, 0.4) is 0 Å². The second kappa shape index (κ2) is 10.3. The number of aromatic hydroxyl groups is 1. The first-order valence-electron chi connectivity index (χ1n) is 14.5. The zero-order valence-corrected chi connectivity index (χ0v) is 23.3. The van der Waals surface area contributed by atoms with E-state index < -0.39 is 29.2 Å². The van der Waals surface area contributed by atoms with Crippen LogP contribution in [-0.2, 0) is 11.3 Å². The molecule has 12 nitrogen and oxygen atoms in total.